The summed E-state index contributed by atoms with van der Waals surface area (Å²) in [5.41, 5.74) is 1.73. The Balaban J connectivity index is 2.31. The molecule has 4 nitrogen and oxygen atoms in total. The second-order valence-corrected chi connectivity index (χ2v) is 4.58. The first-order chi connectivity index (χ1) is 9.19. The average Bonchev–Trinajstić information content (AvgIpc) is 2.45. The molecular formula is C15H23N3O. The third-order valence-corrected chi connectivity index (χ3v) is 3.13. The molecule has 4 heteroatoms. The van der Waals surface area contributed by atoms with Gasteiger partial charge in [-0.2, -0.15) is 5.26 Å². The molecule has 0 aliphatic rings. The summed E-state index contributed by atoms with van der Waals surface area (Å²) >= 11 is 0. The predicted molar refractivity (Wildman–Crippen MR) is 76.7 cm³/mol. The molecule has 0 spiro atoms. The smallest absolute Gasteiger partial charge is 0.0991 e. The summed E-state index contributed by atoms with van der Waals surface area (Å²) in [6, 6.07) is 9.63. The van der Waals surface area contributed by atoms with Crippen molar-refractivity contribution in [1.29, 1.82) is 5.26 Å². The van der Waals surface area contributed by atoms with Crippen molar-refractivity contribution in [3.05, 3.63) is 35.4 Å². The summed E-state index contributed by atoms with van der Waals surface area (Å²) in [6.07, 6.45) is -0.362. The Bertz CT molecular complexity index is 410. The quantitative estimate of drug-likeness (QED) is 0.741. The molecule has 0 aromatic heterocycles. The fraction of sp³-hybridized carbons (Fsp3) is 0.533. The van der Waals surface area contributed by atoms with Crippen LogP contribution in [0.1, 0.15) is 25.0 Å². The Morgan fingerprint density at radius 3 is 2.74 bits per heavy atom. The molecule has 0 aliphatic carbocycles. The lowest BCUT2D eigenvalue weighted by Crippen LogP contribution is -2.38. The highest BCUT2D eigenvalue weighted by molar-refractivity contribution is 5.32. The Morgan fingerprint density at radius 1 is 1.37 bits per heavy atom. The van der Waals surface area contributed by atoms with E-state index in [9.17, 15) is 5.11 Å². The van der Waals surface area contributed by atoms with E-state index in [2.05, 4.69) is 30.1 Å². The summed E-state index contributed by atoms with van der Waals surface area (Å²) in [7, 11) is 0. The molecule has 0 fully saturated rings. The van der Waals surface area contributed by atoms with Gasteiger partial charge in [0, 0.05) is 19.6 Å². The van der Waals surface area contributed by atoms with Crippen molar-refractivity contribution in [3.63, 3.8) is 0 Å². The number of hydrogen-bond acceptors (Lipinski definition) is 4. The molecule has 0 amide bonds. The maximum Gasteiger partial charge on any atom is 0.0991 e. The molecular weight excluding hydrogens is 238 g/mol. The number of benzene rings is 1. The lowest BCUT2D eigenvalue weighted by molar-refractivity contribution is 0.116. The highest BCUT2D eigenvalue weighted by Gasteiger charge is 2.08. The molecule has 19 heavy (non-hydrogen) atoms. The van der Waals surface area contributed by atoms with Crippen LogP contribution in [0.3, 0.4) is 0 Å². The van der Waals surface area contributed by atoms with Gasteiger partial charge in [-0.3, -0.25) is 0 Å². The molecule has 1 rings (SSSR count). The number of nitrogens with zero attached hydrogens (tertiary/aromatic N) is 2. The van der Waals surface area contributed by atoms with E-state index in [1.54, 1.807) is 6.07 Å². The van der Waals surface area contributed by atoms with Gasteiger partial charge in [0.15, 0.2) is 0 Å². The van der Waals surface area contributed by atoms with Crippen LogP contribution in [-0.2, 0) is 6.54 Å². The van der Waals surface area contributed by atoms with Gasteiger partial charge in [-0.25, -0.2) is 0 Å². The average molecular weight is 261 g/mol. The van der Waals surface area contributed by atoms with Gasteiger partial charge >= 0.3 is 0 Å². The van der Waals surface area contributed by atoms with Crippen molar-refractivity contribution < 1.29 is 5.11 Å². The highest BCUT2D eigenvalue weighted by atomic mass is 16.3. The Labute approximate surface area is 115 Å². The van der Waals surface area contributed by atoms with Crippen LogP contribution in [-0.4, -0.2) is 42.3 Å². The summed E-state index contributed by atoms with van der Waals surface area (Å²) < 4.78 is 0. The van der Waals surface area contributed by atoms with Crippen molar-refractivity contribution >= 4 is 0 Å². The van der Waals surface area contributed by atoms with Crippen LogP contribution in [0.5, 0.6) is 0 Å². The van der Waals surface area contributed by atoms with Gasteiger partial charge in [-0.1, -0.05) is 26.0 Å². The standard InChI is InChI=1S/C15H23N3O/c1-3-18(4-2)12-15(19)11-17-10-14-7-5-6-13(8-14)9-16/h5-8,15,17,19H,3-4,10-12H2,1-2H3. The van der Waals surface area contributed by atoms with Crippen LogP contribution in [0.25, 0.3) is 0 Å². The third kappa shape index (κ3) is 5.84. The monoisotopic (exact) mass is 261 g/mol. The van der Waals surface area contributed by atoms with Crippen molar-refractivity contribution in [2.24, 2.45) is 0 Å². The molecule has 2 N–H and O–H groups in total. The molecule has 0 bridgehead atoms. The van der Waals surface area contributed by atoms with Gasteiger partial charge in [0.25, 0.3) is 0 Å². The van der Waals surface area contributed by atoms with Crippen molar-refractivity contribution in [2.45, 2.75) is 26.5 Å². The van der Waals surface area contributed by atoms with Gasteiger partial charge in [0.05, 0.1) is 17.7 Å². The number of aliphatic hydroxyl groups excluding tert-OH is 1. The van der Waals surface area contributed by atoms with E-state index in [0.717, 1.165) is 18.7 Å². The maximum atomic E-state index is 9.90. The molecule has 0 heterocycles. The van der Waals surface area contributed by atoms with Gasteiger partial charge in [-0.15, -0.1) is 0 Å². The van der Waals surface area contributed by atoms with Crippen LogP contribution in [0.2, 0.25) is 0 Å². The minimum atomic E-state index is -0.362. The van der Waals surface area contributed by atoms with E-state index < -0.39 is 0 Å². The Morgan fingerprint density at radius 2 is 2.11 bits per heavy atom. The van der Waals surface area contributed by atoms with E-state index in [1.807, 2.05) is 18.2 Å². The number of hydrogen-bond donors (Lipinski definition) is 2. The van der Waals surface area contributed by atoms with Gasteiger partial charge in [0.2, 0.25) is 0 Å². The van der Waals surface area contributed by atoms with E-state index in [-0.39, 0.29) is 6.10 Å². The van der Waals surface area contributed by atoms with Gasteiger partial charge < -0.3 is 15.3 Å². The number of nitrogens with one attached hydrogen (secondary N) is 1. The lowest BCUT2D eigenvalue weighted by Gasteiger charge is -2.22. The first-order valence-corrected chi connectivity index (χ1v) is 6.79. The lowest BCUT2D eigenvalue weighted by atomic mass is 10.1. The van der Waals surface area contributed by atoms with Crippen LogP contribution in [0, 0.1) is 11.3 Å². The second-order valence-electron chi connectivity index (χ2n) is 4.58. The van der Waals surface area contributed by atoms with Crippen LogP contribution >= 0.6 is 0 Å². The zero-order valence-corrected chi connectivity index (χ0v) is 11.8. The second kappa shape index (κ2) is 8.65. The van der Waals surface area contributed by atoms with Crippen molar-refractivity contribution in [2.75, 3.05) is 26.2 Å². The summed E-state index contributed by atoms with van der Waals surface area (Å²) in [4.78, 5) is 2.20. The highest BCUT2D eigenvalue weighted by Crippen LogP contribution is 2.03. The zero-order chi connectivity index (χ0) is 14.1. The number of aliphatic hydroxyl groups is 1. The third-order valence-electron chi connectivity index (χ3n) is 3.13. The SMILES string of the molecule is CCN(CC)CC(O)CNCc1cccc(C#N)c1. The maximum absolute atomic E-state index is 9.90. The fourth-order valence-electron chi connectivity index (χ4n) is 1.98. The van der Waals surface area contributed by atoms with Crippen molar-refractivity contribution in [3.8, 4) is 6.07 Å². The van der Waals surface area contributed by atoms with Crippen LogP contribution in [0.4, 0.5) is 0 Å². The summed E-state index contributed by atoms with van der Waals surface area (Å²) in [5, 5.41) is 21.9. The molecule has 1 atom stereocenters. The van der Waals surface area contributed by atoms with E-state index in [1.165, 1.54) is 0 Å². The Hall–Kier alpha value is -1.41. The largest absolute Gasteiger partial charge is 0.390 e. The molecule has 104 valence electrons. The number of likely N-dealkylation sites (N-methyl/N-ethyl adjacent to an activating group) is 1. The molecule has 1 unspecified atom stereocenters. The summed E-state index contributed by atoms with van der Waals surface area (Å²) in [6.45, 7) is 8.03. The molecule has 0 saturated carbocycles. The normalized spacial score (nSPS) is 12.4. The van der Waals surface area contributed by atoms with Crippen LogP contribution in [0.15, 0.2) is 24.3 Å². The minimum absolute atomic E-state index is 0.362. The molecule has 1 aromatic rings. The first kappa shape index (κ1) is 15.6. The zero-order valence-electron chi connectivity index (χ0n) is 11.8. The topological polar surface area (TPSA) is 59.3 Å². The minimum Gasteiger partial charge on any atom is -0.390 e. The first-order valence-electron chi connectivity index (χ1n) is 6.79. The fourth-order valence-corrected chi connectivity index (χ4v) is 1.98. The molecule has 0 saturated heterocycles. The molecule has 1 aromatic carbocycles. The Kier molecular flexibility index (Phi) is 7.12. The summed E-state index contributed by atoms with van der Waals surface area (Å²) in [5.74, 6) is 0. The number of nitriles is 1. The predicted octanol–water partition coefficient (Wildman–Crippen LogP) is 1.35. The van der Waals surface area contributed by atoms with Gasteiger partial charge in [-0.05, 0) is 30.8 Å². The van der Waals surface area contributed by atoms with Crippen LogP contribution < -0.4 is 5.32 Å². The van der Waals surface area contributed by atoms with Gasteiger partial charge in [0.1, 0.15) is 0 Å². The van der Waals surface area contributed by atoms with E-state index in [4.69, 9.17) is 5.26 Å². The molecule has 0 radical (unpaired) electrons. The van der Waals surface area contributed by atoms with Crippen molar-refractivity contribution in [1.82, 2.24) is 10.2 Å². The van der Waals surface area contributed by atoms with E-state index in [0.29, 0.717) is 25.2 Å². The number of rotatable bonds is 8. The molecule has 0 aliphatic heterocycles. The van der Waals surface area contributed by atoms with E-state index >= 15 is 0 Å².